The first-order valence-electron chi connectivity index (χ1n) is 19.7. The molecule has 1 heterocycles. The van der Waals surface area contributed by atoms with Gasteiger partial charge in [0.15, 0.2) is 6.17 Å². The highest BCUT2D eigenvalue weighted by atomic mass is 15.2. The molecule has 0 fully saturated rings. The van der Waals surface area contributed by atoms with Gasteiger partial charge >= 0.3 is 0 Å². The van der Waals surface area contributed by atoms with E-state index in [1.165, 1.54) is 54.9 Å². The second kappa shape index (κ2) is 12.3. The normalized spacial score (nSPS) is 15.7. The molecule has 9 aromatic carbocycles. The fraction of sp³-hybridized carbons (Fsp3) is 0.0370. The van der Waals surface area contributed by atoms with E-state index in [1.807, 2.05) is 6.07 Å². The first-order chi connectivity index (χ1) is 28.2. The molecule has 1 N–H and O–H groups in total. The molecule has 3 heteroatoms. The quantitative estimate of drug-likeness (QED) is 0.176. The molecule has 1 spiro atoms. The number of benzene rings is 9. The van der Waals surface area contributed by atoms with Crippen LogP contribution >= 0.6 is 0 Å². The molecule has 57 heavy (non-hydrogen) atoms. The van der Waals surface area contributed by atoms with Crippen molar-refractivity contribution in [3.8, 4) is 33.4 Å². The van der Waals surface area contributed by atoms with Crippen LogP contribution in [0.15, 0.2) is 210 Å². The van der Waals surface area contributed by atoms with Crippen molar-refractivity contribution in [1.29, 1.82) is 0 Å². The highest BCUT2D eigenvalue weighted by Crippen LogP contribution is 2.62. The van der Waals surface area contributed by atoms with E-state index in [4.69, 9.17) is 9.98 Å². The summed E-state index contributed by atoms with van der Waals surface area (Å²) in [5.41, 5.74) is 15.2. The van der Waals surface area contributed by atoms with Gasteiger partial charge in [0.1, 0.15) is 11.7 Å². The number of rotatable bonds is 5. The highest BCUT2D eigenvalue weighted by molar-refractivity contribution is 6.19. The van der Waals surface area contributed by atoms with Crippen LogP contribution in [0.5, 0.6) is 0 Å². The topological polar surface area (TPSA) is 36.8 Å². The largest absolute Gasteiger partial charge is 0.324 e. The SMILES string of the molecule is c1ccc(C2=NC(c3cc(-c4ccccc4)cc(-c4ccccc4)c3)N=C(c3ccc4c(c3)-c3ccccc3C43c4cccc5ccc6cccc3c6c45)N2)cc1. The second-order valence-electron chi connectivity index (χ2n) is 15.3. The van der Waals surface area contributed by atoms with Crippen LogP contribution in [0.1, 0.15) is 45.1 Å². The Bertz CT molecular complexity index is 3020. The molecular weight excluding hydrogens is 691 g/mol. The molecule has 9 aromatic rings. The third-order valence-electron chi connectivity index (χ3n) is 12.3. The van der Waals surface area contributed by atoms with Crippen molar-refractivity contribution in [2.75, 3.05) is 0 Å². The Balaban J connectivity index is 1.05. The fourth-order valence-corrected chi connectivity index (χ4v) is 9.82. The average Bonchev–Trinajstić information content (AvgIpc) is 3.77. The zero-order valence-electron chi connectivity index (χ0n) is 31.0. The van der Waals surface area contributed by atoms with Gasteiger partial charge in [0, 0.05) is 11.1 Å². The molecule has 0 saturated heterocycles. The minimum atomic E-state index is -0.464. The van der Waals surface area contributed by atoms with Crippen LogP contribution in [0.25, 0.3) is 54.9 Å². The Morgan fingerprint density at radius 1 is 0.351 bits per heavy atom. The molecule has 0 saturated carbocycles. The van der Waals surface area contributed by atoms with Gasteiger partial charge in [0.2, 0.25) is 0 Å². The molecule has 12 rings (SSSR count). The lowest BCUT2D eigenvalue weighted by atomic mass is 9.70. The third kappa shape index (κ3) is 4.73. The summed E-state index contributed by atoms with van der Waals surface area (Å²) in [6.07, 6.45) is -0.464. The number of aliphatic imine (C=N–C) groups is 2. The molecule has 3 aliphatic rings. The minimum absolute atomic E-state index is 0.403. The molecule has 0 radical (unpaired) electrons. The maximum atomic E-state index is 5.45. The van der Waals surface area contributed by atoms with Gasteiger partial charge < -0.3 is 5.32 Å². The number of fused-ring (bicyclic) bond motifs is 7. The van der Waals surface area contributed by atoms with Gasteiger partial charge in [0.05, 0.1) is 5.41 Å². The monoisotopic (exact) mass is 725 g/mol. The zero-order valence-corrected chi connectivity index (χ0v) is 31.0. The molecule has 3 nitrogen and oxygen atoms in total. The van der Waals surface area contributed by atoms with Crippen molar-refractivity contribution in [1.82, 2.24) is 5.32 Å². The Morgan fingerprint density at radius 2 is 0.860 bits per heavy atom. The highest BCUT2D eigenvalue weighted by Gasteiger charge is 2.50. The van der Waals surface area contributed by atoms with Crippen molar-refractivity contribution < 1.29 is 0 Å². The summed E-state index contributed by atoms with van der Waals surface area (Å²) in [6.45, 7) is 0. The first kappa shape index (κ1) is 31.9. The smallest absolute Gasteiger partial charge is 0.169 e. The second-order valence-corrected chi connectivity index (χ2v) is 15.3. The number of hydrogen-bond acceptors (Lipinski definition) is 3. The van der Waals surface area contributed by atoms with E-state index in [2.05, 4.69) is 199 Å². The lowest BCUT2D eigenvalue weighted by molar-refractivity contribution is 0.756. The Hall–Kier alpha value is -7.36. The summed E-state index contributed by atoms with van der Waals surface area (Å²) < 4.78 is 0. The summed E-state index contributed by atoms with van der Waals surface area (Å²) >= 11 is 0. The molecule has 1 atom stereocenters. The van der Waals surface area contributed by atoms with Gasteiger partial charge in [-0.2, -0.15) is 0 Å². The molecule has 0 bridgehead atoms. The van der Waals surface area contributed by atoms with E-state index in [1.54, 1.807) is 0 Å². The fourth-order valence-electron chi connectivity index (χ4n) is 9.82. The molecule has 2 aliphatic carbocycles. The molecule has 266 valence electrons. The van der Waals surface area contributed by atoms with Crippen molar-refractivity contribution in [3.63, 3.8) is 0 Å². The molecule has 1 unspecified atom stereocenters. The maximum absolute atomic E-state index is 5.45. The predicted octanol–water partition coefficient (Wildman–Crippen LogP) is 12.5. The van der Waals surface area contributed by atoms with E-state index >= 15 is 0 Å². The maximum Gasteiger partial charge on any atom is 0.169 e. The van der Waals surface area contributed by atoms with E-state index in [9.17, 15) is 0 Å². The van der Waals surface area contributed by atoms with Gasteiger partial charge in [-0.05, 0) is 107 Å². The van der Waals surface area contributed by atoms with Gasteiger partial charge in [-0.1, -0.05) is 176 Å². The van der Waals surface area contributed by atoms with Crippen LogP contribution in [-0.4, -0.2) is 11.7 Å². The van der Waals surface area contributed by atoms with E-state index in [0.29, 0.717) is 0 Å². The van der Waals surface area contributed by atoms with Gasteiger partial charge in [0.25, 0.3) is 0 Å². The zero-order chi connectivity index (χ0) is 37.5. The molecular formula is C54H35N3. The minimum Gasteiger partial charge on any atom is -0.324 e. The van der Waals surface area contributed by atoms with E-state index < -0.39 is 11.6 Å². The van der Waals surface area contributed by atoms with E-state index in [-0.39, 0.29) is 0 Å². The van der Waals surface area contributed by atoms with Crippen molar-refractivity contribution in [3.05, 3.63) is 239 Å². The Labute approximate surface area is 331 Å². The van der Waals surface area contributed by atoms with Gasteiger partial charge in [-0.25, -0.2) is 9.98 Å². The van der Waals surface area contributed by atoms with Crippen LogP contribution in [-0.2, 0) is 5.41 Å². The lowest BCUT2D eigenvalue weighted by Gasteiger charge is -2.31. The van der Waals surface area contributed by atoms with Crippen LogP contribution in [0.3, 0.4) is 0 Å². The first-order valence-corrected chi connectivity index (χ1v) is 19.7. The average molecular weight is 726 g/mol. The third-order valence-corrected chi connectivity index (χ3v) is 12.3. The van der Waals surface area contributed by atoms with Crippen LogP contribution in [0.4, 0.5) is 0 Å². The van der Waals surface area contributed by atoms with Crippen LogP contribution < -0.4 is 5.32 Å². The summed E-state index contributed by atoms with van der Waals surface area (Å²) in [6, 6.07) is 72.6. The number of amidine groups is 2. The lowest BCUT2D eigenvalue weighted by Crippen LogP contribution is -2.36. The summed E-state index contributed by atoms with van der Waals surface area (Å²) in [4.78, 5) is 10.8. The van der Waals surface area contributed by atoms with E-state index in [0.717, 1.165) is 50.6 Å². The summed E-state index contributed by atoms with van der Waals surface area (Å²) in [5.74, 6) is 1.61. The standard InChI is InChI=1S/C54H35N3/c1-4-14-34(15-5-1)40-30-41(35-16-6-2-7-17-35)32-42(31-40)53-56-51(38-18-8-3-9-19-38)55-52(57-53)39-28-29-46-44(33-39)43-22-10-11-23-45(43)54(46)47-24-12-20-36-26-27-37-21-13-25-48(54)50(37)49(36)47/h1-33,53H,(H,55,56,57). The summed E-state index contributed by atoms with van der Waals surface area (Å²) in [7, 11) is 0. The molecule has 0 amide bonds. The number of nitrogens with zero attached hydrogens (tertiary/aromatic N) is 2. The van der Waals surface area contributed by atoms with Crippen LogP contribution in [0, 0.1) is 0 Å². The van der Waals surface area contributed by atoms with Gasteiger partial charge in [-0.15, -0.1) is 0 Å². The predicted molar refractivity (Wildman–Crippen MR) is 235 cm³/mol. The van der Waals surface area contributed by atoms with Crippen molar-refractivity contribution in [2.45, 2.75) is 11.6 Å². The molecule has 1 aliphatic heterocycles. The van der Waals surface area contributed by atoms with Crippen molar-refractivity contribution in [2.24, 2.45) is 9.98 Å². The Morgan fingerprint density at radius 3 is 1.47 bits per heavy atom. The number of hydrogen-bond donors (Lipinski definition) is 1. The summed E-state index contributed by atoms with van der Waals surface area (Å²) in [5, 5.41) is 9.02. The van der Waals surface area contributed by atoms with Crippen LogP contribution in [0.2, 0.25) is 0 Å². The van der Waals surface area contributed by atoms with Crippen molar-refractivity contribution >= 4 is 33.2 Å². The number of nitrogens with one attached hydrogen (secondary N) is 1. The van der Waals surface area contributed by atoms with Gasteiger partial charge in [-0.3, -0.25) is 0 Å². The molecule has 0 aromatic heterocycles. The Kier molecular flexibility index (Phi) is 6.91.